The molecule has 0 aliphatic rings. The first-order chi connectivity index (χ1) is 10.0. The molecule has 0 saturated carbocycles. The summed E-state index contributed by atoms with van der Waals surface area (Å²) in [7, 11) is 0. The third-order valence-electron chi connectivity index (χ3n) is 2.87. The van der Waals surface area contributed by atoms with Gasteiger partial charge in [0.15, 0.2) is 5.69 Å². The summed E-state index contributed by atoms with van der Waals surface area (Å²) in [6.07, 6.45) is -4.51. The minimum absolute atomic E-state index is 0.0123. The van der Waals surface area contributed by atoms with Gasteiger partial charge < -0.3 is 4.74 Å². The summed E-state index contributed by atoms with van der Waals surface area (Å²) >= 11 is 0. The third-order valence-corrected chi connectivity index (χ3v) is 2.87. The zero-order chi connectivity index (χ0) is 14.9. The number of halogens is 3. The lowest BCUT2D eigenvalue weighted by Crippen LogP contribution is -2.08. The van der Waals surface area contributed by atoms with Crippen LogP contribution in [0.25, 0.3) is 10.8 Å². The molecule has 3 nitrogen and oxygen atoms in total. The average Bonchev–Trinajstić information content (AvgIpc) is 2.47. The fraction of sp³-hybridized carbons (Fsp3) is 0.0667. The van der Waals surface area contributed by atoms with Crippen molar-refractivity contribution in [2.24, 2.45) is 0 Å². The van der Waals surface area contributed by atoms with Crippen molar-refractivity contribution in [3.05, 3.63) is 60.3 Å². The fourth-order valence-corrected chi connectivity index (χ4v) is 1.88. The lowest BCUT2D eigenvalue weighted by atomic mass is 10.1. The van der Waals surface area contributed by atoms with E-state index in [9.17, 15) is 13.2 Å². The Morgan fingerprint density at radius 3 is 2.24 bits per heavy atom. The highest BCUT2D eigenvalue weighted by atomic mass is 19.4. The molecule has 0 amide bonds. The molecule has 0 N–H and O–H groups in total. The van der Waals surface area contributed by atoms with Crippen LogP contribution in [0.2, 0.25) is 0 Å². The Morgan fingerprint density at radius 2 is 1.57 bits per heavy atom. The summed E-state index contributed by atoms with van der Waals surface area (Å²) in [4.78, 5) is 0. The molecule has 0 atom stereocenters. The summed E-state index contributed by atoms with van der Waals surface area (Å²) in [6, 6.07) is 15.0. The molecule has 0 radical (unpaired) electrons. The van der Waals surface area contributed by atoms with Gasteiger partial charge in [-0.25, -0.2) is 0 Å². The van der Waals surface area contributed by atoms with E-state index in [0.29, 0.717) is 5.75 Å². The summed E-state index contributed by atoms with van der Waals surface area (Å²) in [5.74, 6) is 0.501. The van der Waals surface area contributed by atoms with Crippen molar-refractivity contribution in [1.29, 1.82) is 0 Å². The standard InChI is InChI=1S/C15H9F3N2O/c16-15(17,18)13-7-8-14(20-19-13)21-12-6-5-10-3-1-2-4-11(10)9-12/h1-9H. The lowest BCUT2D eigenvalue weighted by Gasteiger charge is -2.07. The highest BCUT2D eigenvalue weighted by molar-refractivity contribution is 5.83. The van der Waals surface area contributed by atoms with Gasteiger partial charge in [-0.2, -0.15) is 13.2 Å². The van der Waals surface area contributed by atoms with Crippen molar-refractivity contribution < 1.29 is 17.9 Å². The van der Waals surface area contributed by atoms with E-state index < -0.39 is 11.9 Å². The van der Waals surface area contributed by atoms with Crippen LogP contribution in [0.4, 0.5) is 13.2 Å². The van der Waals surface area contributed by atoms with Gasteiger partial charge in [-0.15, -0.1) is 10.2 Å². The molecule has 1 heterocycles. The van der Waals surface area contributed by atoms with Crippen LogP contribution in [0.3, 0.4) is 0 Å². The Labute approximate surface area is 118 Å². The second-order valence-corrected chi connectivity index (χ2v) is 4.37. The van der Waals surface area contributed by atoms with Crippen LogP contribution < -0.4 is 4.74 Å². The molecule has 0 bridgehead atoms. The molecule has 0 fully saturated rings. The Bertz CT molecular complexity index is 770. The number of fused-ring (bicyclic) bond motifs is 1. The van der Waals surface area contributed by atoms with Gasteiger partial charge in [0.1, 0.15) is 5.75 Å². The van der Waals surface area contributed by atoms with E-state index in [4.69, 9.17) is 4.74 Å². The van der Waals surface area contributed by atoms with Crippen LogP contribution in [0, 0.1) is 0 Å². The van der Waals surface area contributed by atoms with E-state index in [1.165, 1.54) is 0 Å². The largest absolute Gasteiger partial charge is 0.438 e. The molecule has 21 heavy (non-hydrogen) atoms. The number of nitrogens with zero attached hydrogens (tertiary/aromatic N) is 2. The fourth-order valence-electron chi connectivity index (χ4n) is 1.88. The summed E-state index contributed by atoms with van der Waals surface area (Å²) in [5, 5.41) is 8.55. The van der Waals surface area contributed by atoms with Crippen molar-refractivity contribution in [2.45, 2.75) is 6.18 Å². The highest BCUT2D eigenvalue weighted by Crippen LogP contribution is 2.29. The predicted molar refractivity (Wildman–Crippen MR) is 71.1 cm³/mol. The van der Waals surface area contributed by atoms with Crippen molar-refractivity contribution >= 4 is 10.8 Å². The predicted octanol–water partition coefficient (Wildman–Crippen LogP) is 4.44. The van der Waals surface area contributed by atoms with Gasteiger partial charge in [0.2, 0.25) is 5.88 Å². The second kappa shape index (κ2) is 5.05. The summed E-state index contributed by atoms with van der Waals surface area (Å²) in [6.45, 7) is 0. The number of ether oxygens (including phenoxy) is 1. The van der Waals surface area contributed by atoms with Crippen molar-refractivity contribution in [1.82, 2.24) is 10.2 Å². The van der Waals surface area contributed by atoms with E-state index in [-0.39, 0.29) is 5.88 Å². The molecule has 3 rings (SSSR count). The summed E-state index contributed by atoms with van der Waals surface area (Å²) < 4.78 is 42.5. The van der Waals surface area contributed by atoms with Crippen molar-refractivity contribution in [2.75, 3.05) is 0 Å². The van der Waals surface area contributed by atoms with Crippen LogP contribution in [0.15, 0.2) is 54.6 Å². The van der Waals surface area contributed by atoms with Crippen molar-refractivity contribution in [3.63, 3.8) is 0 Å². The molecule has 0 saturated heterocycles. The average molecular weight is 290 g/mol. The third kappa shape index (κ3) is 2.94. The lowest BCUT2D eigenvalue weighted by molar-refractivity contribution is -0.141. The van der Waals surface area contributed by atoms with Crippen LogP contribution in [0.1, 0.15) is 5.69 Å². The smallest absolute Gasteiger partial charge is 0.435 e. The van der Waals surface area contributed by atoms with E-state index in [1.54, 1.807) is 12.1 Å². The minimum Gasteiger partial charge on any atom is -0.438 e. The molecule has 3 aromatic rings. The Balaban J connectivity index is 1.84. The quantitative estimate of drug-likeness (QED) is 0.699. The van der Waals surface area contributed by atoms with Gasteiger partial charge in [0.05, 0.1) is 0 Å². The Kier molecular flexibility index (Phi) is 3.21. The molecule has 106 valence electrons. The normalized spacial score (nSPS) is 11.6. The highest BCUT2D eigenvalue weighted by Gasteiger charge is 2.32. The van der Waals surface area contributed by atoms with Crippen LogP contribution in [0.5, 0.6) is 11.6 Å². The number of benzene rings is 2. The maximum absolute atomic E-state index is 12.4. The maximum atomic E-state index is 12.4. The molecular weight excluding hydrogens is 281 g/mol. The van der Waals surface area contributed by atoms with Crippen molar-refractivity contribution in [3.8, 4) is 11.6 Å². The number of hydrogen-bond acceptors (Lipinski definition) is 3. The first kappa shape index (κ1) is 13.4. The van der Waals surface area contributed by atoms with E-state index in [1.807, 2.05) is 30.3 Å². The van der Waals surface area contributed by atoms with Gasteiger partial charge in [0.25, 0.3) is 0 Å². The maximum Gasteiger partial charge on any atom is 0.435 e. The van der Waals surface area contributed by atoms with Crippen LogP contribution in [-0.4, -0.2) is 10.2 Å². The molecule has 2 aromatic carbocycles. The van der Waals surface area contributed by atoms with Crippen LogP contribution in [-0.2, 0) is 6.18 Å². The summed E-state index contributed by atoms with van der Waals surface area (Å²) in [5.41, 5.74) is -1.05. The molecular formula is C15H9F3N2O. The van der Waals surface area contributed by atoms with E-state index >= 15 is 0 Å². The molecule has 0 aliphatic carbocycles. The zero-order valence-electron chi connectivity index (χ0n) is 10.6. The number of alkyl halides is 3. The topological polar surface area (TPSA) is 35.0 Å². The van der Waals surface area contributed by atoms with Gasteiger partial charge in [-0.1, -0.05) is 30.3 Å². The SMILES string of the molecule is FC(F)(F)c1ccc(Oc2ccc3ccccc3c2)nn1. The second-order valence-electron chi connectivity index (χ2n) is 4.37. The molecule has 0 aliphatic heterocycles. The first-order valence-corrected chi connectivity index (χ1v) is 6.10. The Hall–Kier alpha value is -2.63. The van der Waals surface area contributed by atoms with E-state index in [2.05, 4.69) is 10.2 Å². The van der Waals surface area contributed by atoms with Gasteiger partial charge in [-0.3, -0.25) is 0 Å². The molecule has 1 aromatic heterocycles. The minimum atomic E-state index is -4.51. The Morgan fingerprint density at radius 1 is 0.810 bits per heavy atom. The van der Waals surface area contributed by atoms with Gasteiger partial charge in [-0.05, 0) is 29.0 Å². The molecule has 0 spiro atoms. The molecule has 0 unspecified atom stereocenters. The van der Waals surface area contributed by atoms with E-state index in [0.717, 1.165) is 22.9 Å². The van der Waals surface area contributed by atoms with Crippen LogP contribution >= 0.6 is 0 Å². The monoisotopic (exact) mass is 290 g/mol. The number of aromatic nitrogens is 2. The van der Waals surface area contributed by atoms with Gasteiger partial charge >= 0.3 is 6.18 Å². The molecule has 6 heteroatoms. The number of hydrogen-bond donors (Lipinski definition) is 0. The zero-order valence-corrected chi connectivity index (χ0v) is 10.6. The first-order valence-electron chi connectivity index (χ1n) is 6.10. The van der Waals surface area contributed by atoms with Gasteiger partial charge in [0, 0.05) is 6.07 Å². The number of rotatable bonds is 2.